The second-order valence-corrected chi connectivity index (χ2v) is 7.77. The Morgan fingerprint density at radius 2 is 1.91 bits per heavy atom. The van der Waals surface area contributed by atoms with E-state index in [1.54, 1.807) is 11.8 Å². The molecule has 0 bridgehead atoms. The van der Waals surface area contributed by atoms with Gasteiger partial charge >= 0.3 is 0 Å². The Morgan fingerprint density at radius 1 is 1.16 bits per heavy atom. The molecule has 0 aromatic heterocycles. The molecular formula is C23H26N2O7. The average Bonchev–Trinajstić information content (AvgIpc) is 3.48. The molecule has 1 amide bonds. The van der Waals surface area contributed by atoms with Crippen LogP contribution in [0.15, 0.2) is 30.3 Å². The van der Waals surface area contributed by atoms with E-state index in [0.717, 1.165) is 31.2 Å². The topological polar surface area (TPSA) is 100 Å². The minimum absolute atomic E-state index is 0.00471. The molecule has 0 N–H and O–H groups in total. The molecule has 1 heterocycles. The van der Waals surface area contributed by atoms with Crippen LogP contribution in [0.3, 0.4) is 0 Å². The van der Waals surface area contributed by atoms with E-state index < -0.39 is 10.8 Å². The highest BCUT2D eigenvalue weighted by molar-refractivity contribution is 5.99. The van der Waals surface area contributed by atoms with E-state index in [1.807, 2.05) is 18.2 Å². The lowest BCUT2D eigenvalue weighted by Gasteiger charge is -2.29. The van der Waals surface area contributed by atoms with Gasteiger partial charge in [-0.25, -0.2) is 0 Å². The number of carbonyl (C=O) groups is 1. The van der Waals surface area contributed by atoms with Gasteiger partial charge in [-0.1, -0.05) is 18.9 Å². The number of nitro benzene ring substituents is 1. The zero-order valence-corrected chi connectivity index (χ0v) is 18.2. The highest BCUT2D eigenvalue weighted by atomic mass is 16.7. The molecule has 9 nitrogen and oxygen atoms in total. The van der Waals surface area contributed by atoms with E-state index in [2.05, 4.69) is 0 Å². The Labute approximate surface area is 186 Å². The highest BCUT2D eigenvalue weighted by Crippen LogP contribution is 2.38. The third kappa shape index (κ3) is 4.28. The average molecular weight is 442 g/mol. The molecule has 0 radical (unpaired) electrons. The van der Waals surface area contributed by atoms with Gasteiger partial charge in [-0.15, -0.1) is 0 Å². The number of methoxy groups -OCH3 is 1. The minimum atomic E-state index is -0.553. The zero-order valence-electron chi connectivity index (χ0n) is 18.2. The molecule has 32 heavy (non-hydrogen) atoms. The predicted molar refractivity (Wildman–Crippen MR) is 116 cm³/mol. The molecule has 1 fully saturated rings. The van der Waals surface area contributed by atoms with Crippen molar-refractivity contribution in [1.82, 2.24) is 4.90 Å². The summed E-state index contributed by atoms with van der Waals surface area (Å²) in [7, 11) is 1.44. The van der Waals surface area contributed by atoms with Crippen molar-refractivity contribution >= 4 is 11.6 Å². The second kappa shape index (κ2) is 9.33. The fourth-order valence-electron chi connectivity index (χ4n) is 4.27. The molecule has 1 aliphatic heterocycles. The van der Waals surface area contributed by atoms with Crippen LogP contribution >= 0.6 is 0 Å². The van der Waals surface area contributed by atoms with Crippen LogP contribution in [0, 0.1) is 10.1 Å². The molecule has 2 aliphatic rings. The Balaban J connectivity index is 1.71. The summed E-state index contributed by atoms with van der Waals surface area (Å²) in [6, 6.07) is 8.23. The number of rotatable bonds is 8. The van der Waals surface area contributed by atoms with E-state index >= 15 is 0 Å². The van der Waals surface area contributed by atoms with Crippen molar-refractivity contribution in [3.8, 4) is 23.0 Å². The molecule has 0 saturated heterocycles. The van der Waals surface area contributed by atoms with Gasteiger partial charge in [-0.05, 0) is 37.5 Å². The van der Waals surface area contributed by atoms with Gasteiger partial charge in [0.25, 0.3) is 11.6 Å². The summed E-state index contributed by atoms with van der Waals surface area (Å²) in [5, 5.41) is 11.8. The van der Waals surface area contributed by atoms with Gasteiger partial charge in [0.15, 0.2) is 23.0 Å². The smallest absolute Gasteiger partial charge is 0.286 e. The van der Waals surface area contributed by atoms with Crippen LogP contribution in [0.25, 0.3) is 0 Å². The van der Waals surface area contributed by atoms with E-state index in [0.29, 0.717) is 24.7 Å². The summed E-state index contributed by atoms with van der Waals surface area (Å²) in [5.74, 6) is 1.42. The maximum absolute atomic E-state index is 13.7. The molecule has 2 aromatic carbocycles. The van der Waals surface area contributed by atoms with Gasteiger partial charge in [0, 0.05) is 18.7 Å². The largest absolute Gasteiger partial charge is 0.493 e. The molecule has 4 rings (SSSR count). The summed E-state index contributed by atoms with van der Waals surface area (Å²) < 4.78 is 21.7. The van der Waals surface area contributed by atoms with Crippen molar-refractivity contribution in [3.05, 3.63) is 51.6 Å². The van der Waals surface area contributed by atoms with Gasteiger partial charge in [0.05, 0.1) is 24.7 Å². The quantitative estimate of drug-likeness (QED) is 0.443. The van der Waals surface area contributed by atoms with Crippen LogP contribution in [-0.2, 0) is 6.54 Å². The number of carbonyl (C=O) groups excluding carboxylic acids is 1. The fourth-order valence-corrected chi connectivity index (χ4v) is 4.27. The maximum Gasteiger partial charge on any atom is 0.286 e. The van der Waals surface area contributed by atoms with Gasteiger partial charge in [0.1, 0.15) is 5.56 Å². The predicted octanol–water partition coefficient (Wildman–Crippen LogP) is 4.32. The fraction of sp³-hybridized carbons (Fsp3) is 0.435. The van der Waals surface area contributed by atoms with E-state index in [-0.39, 0.29) is 35.6 Å². The summed E-state index contributed by atoms with van der Waals surface area (Å²) in [6.07, 6.45) is 3.76. The van der Waals surface area contributed by atoms with Crippen LogP contribution in [0.4, 0.5) is 5.69 Å². The number of hydrogen-bond donors (Lipinski definition) is 0. The first-order chi connectivity index (χ1) is 15.5. The molecule has 1 aliphatic carbocycles. The molecule has 170 valence electrons. The lowest BCUT2D eigenvalue weighted by atomic mass is 10.1. The van der Waals surface area contributed by atoms with Gasteiger partial charge < -0.3 is 23.8 Å². The van der Waals surface area contributed by atoms with Crippen LogP contribution in [0.2, 0.25) is 0 Å². The van der Waals surface area contributed by atoms with Crippen molar-refractivity contribution < 1.29 is 28.7 Å². The van der Waals surface area contributed by atoms with E-state index in [1.165, 1.54) is 19.2 Å². The van der Waals surface area contributed by atoms with Gasteiger partial charge in [0.2, 0.25) is 6.79 Å². The monoisotopic (exact) mass is 442 g/mol. The first-order valence-electron chi connectivity index (χ1n) is 10.7. The normalized spacial score (nSPS) is 14.9. The maximum atomic E-state index is 13.7. The molecular weight excluding hydrogens is 416 g/mol. The molecule has 2 aromatic rings. The third-order valence-corrected chi connectivity index (χ3v) is 5.83. The van der Waals surface area contributed by atoms with E-state index in [9.17, 15) is 14.9 Å². The summed E-state index contributed by atoms with van der Waals surface area (Å²) >= 11 is 0. The lowest BCUT2D eigenvalue weighted by Crippen LogP contribution is -2.38. The number of hydrogen-bond acceptors (Lipinski definition) is 7. The Kier molecular flexibility index (Phi) is 6.34. The van der Waals surface area contributed by atoms with E-state index in [4.69, 9.17) is 18.9 Å². The van der Waals surface area contributed by atoms with Gasteiger partial charge in [-0.2, -0.15) is 0 Å². The highest BCUT2D eigenvalue weighted by Gasteiger charge is 2.33. The number of nitrogens with zero attached hydrogens (tertiary/aromatic N) is 2. The molecule has 0 unspecified atom stereocenters. The number of benzene rings is 2. The number of amides is 1. The Morgan fingerprint density at radius 3 is 2.59 bits per heavy atom. The first-order valence-corrected chi connectivity index (χ1v) is 10.7. The van der Waals surface area contributed by atoms with Crippen molar-refractivity contribution in [2.75, 3.05) is 20.5 Å². The van der Waals surface area contributed by atoms with Crippen LogP contribution < -0.4 is 18.9 Å². The number of ether oxygens (including phenoxy) is 4. The van der Waals surface area contributed by atoms with Crippen LogP contribution in [0.5, 0.6) is 23.0 Å². The molecule has 1 saturated carbocycles. The van der Waals surface area contributed by atoms with Gasteiger partial charge in [-0.3, -0.25) is 14.9 Å². The molecule has 0 spiro atoms. The standard InChI is InChI=1S/C23H26N2O7/c1-3-30-22-12-18(25(27)28)17(11-20(22)29-2)23(26)24(16-6-4-5-7-16)13-15-8-9-19-21(10-15)32-14-31-19/h8-12,16H,3-7,13-14H2,1-2H3. The zero-order chi connectivity index (χ0) is 22.7. The first kappa shape index (κ1) is 21.7. The molecule has 9 heteroatoms. The summed E-state index contributed by atoms with van der Waals surface area (Å²) in [4.78, 5) is 26.7. The van der Waals surface area contributed by atoms with Crippen molar-refractivity contribution in [2.24, 2.45) is 0 Å². The summed E-state index contributed by atoms with van der Waals surface area (Å²) in [6.45, 7) is 2.58. The SMILES string of the molecule is CCOc1cc([N+](=O)[O-])c(C(=O)N(Cc2ccc3c(c2)OCO3)C2CCCC2)cc1OC. The molecule has 0 atom stereocenters. The third-order valence-electron chi connectivity index (χ3n) is 5.83. The van der Waals surface area contributed by atoms with Crippen molar-refractivity contribution in [1.29, 1.82) is 0 Å². The van der Waals surface area contributed by atoms with Crippen LogP contribution in [0.1, 0.15) is 48.5 Å². The van der Waals surface area contributed by atoms with Crippen LogP contribution in [-0.4, -0.2) is 42.3 Å². The Bertz CT molecular complexity index is 1020. The number of fused-ring (bicyclic) bond motifs is 1. The number of nitro groups is 1. The van der Waals surface area contributed by atoms with Crippen molar-refractivity contribution in [3.63, 3.8) is 0 Å². The summed E-state index contributed by atoms with van der Waals surface area (Å²) in [5.41, 5.74) is 0.561. The lowest BCUT2D eigenvalue weighted by molar-refractivity contribution is -0.385. The second-order valence-electron chi connectivity index (χ2n) is 7.77. The van der Waals surface area contributed by atoms with Crippen molar-refractivity contribution in [2.45, 2.75) is 45.2 Å². The Hall–Kier alpha value is -3.49. The minimum Gasteiger partial charge on any atom is -0.493 e.